The first-order valence-corrected chi connectivity index (χ1v) is 8.82. The zero-order valence-corrected chi connectivity index (χ0v) is 13.7. The fourth-order valence-corrected chi connectivity index (χ4v) is 3.84. The Morgan fingerprint density at radius 1 is 1.15 bits per heavy atom. The van der Waals surface area contributed by atoms with E-state index in [1.54, 1.807) is 0 Å². The van der Waals surface area contributed by atoms with E-state index in [1.807, 2.05) is 0 Å². The van der Waals surface area contributed by atoms with Crippen molar-refractivity contribution in [2.75, 3.05) is 26.2 Å². The molecule has 1 heterocycles. The zero-order chi connectivity index (χ0) is 13.8. The summed E-state index contributed by atoms with van der Waals surface area (Å²) in [6.45, 7) is 5.02. The van der Waals surface area contributed by atoms with Gasteiger partial charge in [0.2, 0.25) is 0 Å². The minimum Gasteiger partial charge on any atom is -0.313 e. The summed E-state index contributed by atoms with van der Waals surface area (Å²) in [6.07, 6.45) is 6.83. The van der Waals surface area contributed by atoms with Crippen LogP contribution in [0.2, 0.25) is 0 Å². The molecule has 0 aromatic heterocycles. The average Bonchev–Trinajstić information content (AvgIpc) is 2.42. The topological polar surface area (TPSA) is 15.3 Å². The van der Waals surface area contributed by atoms with Crippen LogP contribution in [0.15, 0.2) is 28.7 Å². The molecule has 2 aliphatic rings. The molecule has 1 aliphatic carbocycles. The van der Waals surface area contributed by atoms with Gasteiger partial charge in [-0.05, 0) is 62.4 Å². The van der Waals surface area contributed by atoms with E-state index < -0.39 is 0 Å². The van der Waals surface area contributed by atoms with Crippen molar-refractivity contribution in [3.8, 4) is 0 Å². The molecule has 0 spiro atoms. The Morgan fingerprint density at radius 3 is 2.70 bits per heavy atom. The second-order valence-corrected chi connectivity index (χ2v) is 7.19. The number of halogens is 1. The summed E-state index contributed by atoms with van der Waals surface area (Å²) in [4.78, 5) is 2.61. The van der Waals surface area contributed by atoms with Crippen LogP contribution < -0.4 is 5.32 Å². The Morgan fingerprint density at radius 2 is 1.95 bits per heavy atom. The Hall–Kier alpha value is -0.380. The Labute approximate surface area is 131 Å². The number of nitrogens with zero attached hydrogens (tertiary/aromatic N) is 1. The fourth-order valence-electron chi connectivity index (χ4n) is 3.43. The van der Waals surface area contributed by atoms with E-state index in [9.17, 15) is 0 Å². The largest absolute Gasteiger partial charge is 0.313 e. The van der Waals surface area contributed by atoms with Gasteiger partial charge in [0.05, 0.1) is 0 Å². The predicted octanol–water partition coefficient (Wildman–Crippen LogP) is 3.77. The van der Waals surface area contributed by atoms with E-state index in [2.05, 4.69) is 50.4 Å². The summed E-state index contributed by atoms with van der Waals surface area (Å²) in [6, 6.07) is 9.53. The molecule has 0 amide bonds. The van der Waals surface area contributed by atoms with Crippen LogP contribution >= 0.6 is 15.9 Å². The van der Waals surface area contributed by atoms with E-state index in [0.29, 0.717) is 0 Å². The molecule has 110 valence electrons. The molecular weight excluding hydrogens is 312 g/mol. The van der Waals surface area contributed by atoms with Crippen molar-refractivity contribution in [1.29, 1.82) is 0 Å². The highest BCUT2D eigenvalue weighted by molar-refractivity contribution is 9.10. The van der Waals surface area contributed by atoms with Crippen LogP contribution in [0.25, 0.3) is 0 Å². The molecule has 1 saturated heterocycles. The number of likely N-dealkylation sites (tertiary alicyclic amines) is 1. The van der Waals surface area contributed by atoms with E-state index in [4.69, 9.17) is 0 Å². The summed E-state index contributed by atoms with van der Waals surface area (Å²) < 4.78 is 1.21. The molecular formula is C17H25BrN2. The molecule has 2 fully saturated rings. The van der Waals surface area contributed by atoms with Crippen LogP contribution in [0.4, 0.5) is 0 Å². The third-order valence-electron chi connectivity index (χ3n) is 4.77. The second kappa shape index (κ2) is 7.06. The Bertz CT molecular complexity index is 423. The highest BCUT2D eigenvalue weighted by Crippen LogP contribution is 2.37. The molecule has 1 N–H and O–H groups in total. The molecule has 0 atom stereocenters. The maximum atomic E-state index is 3.73. The number of piperidine rings is 1. The van der Waals surface area contributed by atoms with E-state index in [-0.39, 0.29) is 0 Å². The standard InChI is InChI=1S/C17H25BrN2/c18-16-6-4-5-14(11-16)15-12-17(13-15)19-7-10-20-8-2-1-3-9-20/h4-6,11,15,17,19H,1-3,7-10,12-13H2. The second-order valence-electron chi connectivity index (χ2n) is 6.28. The Kier molecular flexibility index (Phi) is 5.14. The van der Waals surface area contributed by atoms with E-state index in [0.717, 1.165) is 18.5 Å². The minimum atomic E-state index is 0.740. The van der Waals surface area contributed by atoms with Gasteiger partial charge in [-0.15, -0.1) is 0 Å². The van der Waals surface area contributed by atoms with E-state index >= 15 is 0 Å². The van der Waals surface area contributed by atoms with Crippen LogP contribution in [-0.4, -0.2) is 37.1 Å². The monoisotopic (exact) mass is 336 g/mol. The maximum absolute atomic E-state index is 3.73. The Balaban J connectivity index is 1.34. The summed E-state index contributed by atoms with van der Waals surface area (Å²) >= 11 is 3.56. The van der Waals surface area contributed by atoms with Crippen molar-refractivity contribution in [2.45, 2.75) is 44.1 Å². The molecule has 1 aromatic rings. The summed E-state index contributed by atoms with van der Waals surface area (Å²) in [5.74, 6) is 0.764. The first-order chi connectivity index (χ1) is 9.81. The quantitative estimate of drug-likeness (QED) is 0.880. The summed E-state index contributed by atoms with van der Waals surface area (Å²) in [5.41, 5.74) is 1.49. The molecule has 1 saturated carbocycles. The van der Waals surface area contributed by atoms with Crippen molar-refractivity contribution in [3.05, 3.63) is 34.3 Å². The SMILES string of the molecule is Brc1cccc(C2CC(NCCN3CCCCC3)C2)c1. The third kappa shape index (κ3) is 3.84. The van der Waals surface area contributed by atoms with Gasteiger partial charge < -0.3 is 10.2 Å². The number of nitrogens with one attached hydrogen (secondary N) is 1. The zero-order valence-electron chi connectivity index (χ0n) is 12.2. The lowest BCUT2D eigenvalue weighted by Gasteiger charge is -2.37. The van der Waals surface area contributed by atoms with Gasteiger partial charge in [0, 0.05) is 23.6 Å². The number of rotatable bonds is 5. The van der Waals surface area contributed by atoms with Gasteiger partial charge in [-0.25, -0.2) is 0 Å². The normalized spacial score (nSPS) is 27.2. The lowest BCUT2D eigenvalue weighted by atomic mass is 9.76. The van der Waals surface area contributed by atoms with Gasteiger partial charge in [-0.3, -0.25) is 0 Å². The first kappa shape index (κ1) is 14.6. The van der Waals surface area contributed by atoms with Crippen molar-refractivity contribution in [2.24, 2.45) is 0 Å². The van der Waals surface area contributed by atoms with Gasteiger partial charge in [-0.2, -0.15) is 0 Å². The molecule has 20 heavy (non-hydrogen) atoms. The molecule has 0 unspecified atom stereocenters. The lowest BCUT2D eigenvalue weighted by molar-refractivity contribution is 0.214. The van der Waals surface area contributed by atoms with Gasteiger partial charge in [0.1, 0.15) is 0 Å². The number of hydrogen-bond donors (Lipinski definition) is 1. The van der Waals surface area contributed by atoms with E-state index in [1.165, 1.54) is 61.8 Å². The molecule has 3 rings (SSSR count). The van der Waals surface area contributed by atoms with Crippen LogP contribution in [0.3, 0.4) is 0 Å². The number of hydrogen-bond acceptors (Lipinski definition) is 2. The van der Waals surface area contributed by atoms with Gasteiger partial charge in [0.25, 0.3) is 0 Å². The van der Waals surface area contributed by atoms with Gasteiger partial charge in [-0.1, -0.05) is 34.5 Å². The fraction of sp³-hybridized carbons (Fsp3) is 0.647. The maximum Gasteiger partial charge on any atom is 0.0178 e. The van der Waals surface area contributed by atoms with Crippen LogP contribution in [0.5, 0.6) is 0 Å². The molecule has 3 heteroatoms. The highest BCUT2D eigenvalue weighted by Gasteiger charge is 2.29. The van der Waals surface area contributed by atoms with Crippen LogP contribution in [0, 0.1) is 0 Å². The van der Waals surface area contributed by atoms with Crippen molar-refractivity contribution in [1.82, 2.24) is 10.2 Å². The van der Waals surface area contributed by atoms with Crippen molar-refractivity contribution in [3.63, 3.8) is 0 Å². The van der Waals surface area contributed by atoms with Gasteiger partial charge >= 0.3 is 0 Å². The van der Waals surface area contributed by atoms with Crippen molar-refractivity contribution < 1.29 is 0 Å². The average molecular weight is 337 g/mol. The van der Waals surface area contributed by atoms with Crippen molar-refractivity contribution >= 4 is 15.9 Å². The molecule has 0 radical (unpaired) electrons. The lowest BCUT2D eigenvalue weighted by Crippen LogP contribution is -2.44. The van der Waals surface area contributed by atoms with Crippen LogP contribution in [-0.2, 0) is 0 Å². The summed E-state index contributed by atoms with van der Waals surface area (Å²) in [7, 11) is 0. The first-order valence-electron chi connectivity index (χ1n) is 8.02. The smallest absolute Gasteiger partial charge is 0.0178 e. The molecule has 1 aromatic carbocycles. The third-order valence-corrected chi connectivity index (χ3v) is 5.26. The molecule has 2 nitrogen and oxygen atoms in total. The van der Waals surface area contributed by atoms with Gasteiger partial charge in [0.15, 0.2) is 0 Å². The summed E-state index contributed by atoms with van der Waals surface area (Å²) in [5, 5.41) is 3.73. The number of benzene rings is 1. The highest BCUT2D eigenvalue weighted by atomic mass is 79.9. The predicted molar refractivity (Wildman–Crippen MR) is 88.2 cm³/mol. The minimum absolute atomic E-state index is 0.740. The van der Waals surface area contributed by atoms with Crippen LogP contribution in [0.1, 0.15) is 43.6 Å². The molecule has 0 bridgehead atoms. The molecule has 1 aliphatic heterocycles.